The zero-order chi connectivity index (χ0) is 19.6. The molecule has 4 heteroatoms. The Balaban J connectivity index is 0.00000300. The number of rotatable bonds is 10. The average molecular weight is 567 g/mol. The molecule has 0 aliphatic rings. The zero-order valence-electron chi connectivity index (χ0n) is 17.1. The van der Waals surface area contributed by atoms with E-state index < -0.39 is 0 Å². The Morgan fingerprint density at radius 2 is 1.55 bits per heavy atom. The topological polar surface area (TPSA) is 31.4 Å². The predicted molar refractivity (Wildman–Crippen MR) is 115 cm³/mol. The maximum Gasteiger partial charge on any atom is 0.161 e. The Kier molecular flexibility index (Phi) is 9.90. The molecule has 0 amide bonds. The molecular formula is C25H28IrNO2-. The van der Waals surface area contributed by atoms with Gasteiger partial charge in [0.2, 0.25) is 0 Å². The van der Waals surface area contributed by atoms with Gasteiger partial charge in [0.25, 0.3) is 0 Å². The standard InChI is InChI=1S/C25H28NO2.Ir/c1-3-5-16-27-24-14-13-21(19-25(24)28-17-6-4-2)20-10-9-11-22(18-20)23-12-7-8-15-26-23;/h7-10,12-15,18-19H,3-6,16-17H2,1-2H3;/q-1;. The quantitative estimate of drug-likeness (QED) is 0.206. The first-order valence-electron chi connectivity index (χ1n) is 10.1. The number of aromatic nitrogens is 1. The third kappa shape index (κ3) is 6.69. The molecule has 0 bridgehead atoms. The second-order valence-corrected chi connectivity index (χ2v) is 6.77. The van der Waals surface area contributed by atoms with Crippen molar-refractivity contribution in [1.82, 2.24) is 4.98 Å². The maximum absolute atomic E-state index is 6.04. The molecular weight excluding hydrogens is 538 g/mol. The summed E-state index contributed by atoms with van der Waals surface area (Å²) in [7, 11) is 0. The molecule has 3 aromatic rings. The number of pyridine rings is 1. The predicted octanol–water partition coefficient (Wildman–Crippen LogP) is 6.57. The van der Waals surface area contributed by atoms with Gasteiger partial charge in [-0.25, -0.2) is 0 Å². The minimum atomic E-state index is 0. The fourth-order valence-corrected chi connectivity index (χ4v) is 2.89. The van der Waals surface area contributed by atoms with Gasteiger partial charge in [-0.3, -0.25) is 0 Å². The van der Waals surface area contributed by atoms with E-state index in [9.17, 15) is 0 Å². The summed E-state index contributed by atoms with van der Waals surface area (Å²) in [5.41, 5.74) is 4.11. The van der Waals surface area contributed by atoms with Crippen LogP contribution in [0.3, 0.4) is 0 Å². The van der Waals surface area contributed by atoms with Crippen molar-refractivity contribution in [3.63, 3.8) is 0 Å². The third-order valence-corrected chi connectivity index (χ3v) is 4.53. The molecule has 0 unspecified atom stereocenters. The molecule has 1 heterocycles. The summed E-state index contributed by atoms with van der Waals surface area (Å²) >= 11 is 0. The van der Waals surface area contributed by atoms with Crippen molar-refractivity contribution in [3.8, 4) is 33.9 Å². The van der Waals surface area contributed by atoms with Crippen LogP contribution in [0.5, 0.6) is 11.5 Å². The molecule has 0 spiro atoms. The van der Waals surface area contributed by atoms with Gasteiger partial charge >= 0.3 is 0 Å². The molecule has 2 aromatic carbocycles. The van der Waals surface area contributed by atoms with Crippen LogP contribution in [-0.4, -0.2) is 18.2 Å². The first-order valence-corrected chi connectivity index (χ1v) is 10.1. The van der Waals surface area contributed by atoms with Crippen LogP contribution in [0.4, 0.5) is 0 Å². The van der Waals surface area contributed by atoms with Gasteiger partial charge in [0.05, 0.1) is 13.2 Å². The van der Waals surface area contributed by atoms with E-state index in [0.717, 1.165) is 59.6 Å². The Morgan fingerprint density at radius 1 is 0.828 bits per heavy atom. The van der Waals surface area contributed by atoms with E-state index in [1.165, 1.54) is 0 Å². The van der Waals surface area contributed by atoms with E-state index in [1.54, 1.807) is 6.20 Å². The van der Waals surface area contributed by atoms with Crippen LogP contribution in [-0.2, 0) is 20.1 Å². The van der Waals surface area contributed by atoms with Crippen molar-refractivity contribution < 1.29 is 29.6 Å². The summed E-state index contributed by atoms with van der Waals surface area (Å²) in [6.45, 7) is 5.74. The summed E-state index contributed by atoms with van der Waals surface area (Å²) in [5.74, 6) is 1.63. The van der Waals surface area contributed by atoms with Crippen molar-refractivity contribution in [2.24, 2.45) is 0 Å². The molecule has 0 saturated heterocycles. The number of hydrogen-bond acceptors (Lipinski definition) is 3. The van der Waals surface area contributed by atoms with E-state index in [4.69, 9.17) is 9.47 Å². The van der Waals surface area contributed by atoms with Crippen molar-refractivity contribution >= 4 is 0 Å². The van der Waals surface area contributed by atoms with E-state index >= 15 is 0 Å². The van der Waals surface area contributed by atoms with Crippen molar-refractivity contribution in [3.05, 3.63) is 66.9 Å². The Labute approximate surface area is 187 Å². The summed E-state index contributed by atoms with van der Waals surface area (Å²) in [6.07, 6.45) is 6.09. The second kappa shape index (κ2) is 12.4. The van der Waals surface area contributed by atoms with Gasteiger partial charge in [0, 0.05) is 26.3 Å². The molecule has 0 fully saturated rings. The first kappa shape index (κ1) is 23.1. The van der Waals surface area contributed by atoms with Gasteiger partial charge in [0.15, 0.2) is 11.5 Å². The normalized spacial score (nSPS) is 10.3. The number of hydrogen-bond donors (Lipinski definition) is 0. The molecule has 0 N–H and O–H groups in total. The molecule has 0 atom stereocenters. The van der Waals surface area contributed by atoms with Crippen LogP contribution in [0, 0.1) is 6.07 Å². The molecule has 3 nitrogen and oxygen atoms in total. The van der Waals surface area contributed by atoms with E-state index in [0.29, 0.717) is 13.2 Å². The number of ether oxygens (including phenoxy) is 2. The summed E-state index contributed by atoms with van der Waals surface area (Å²) in [4.78, 5) is 4.43. The summed E-state index contributed by atoms with van der Waals surface area (Å²) in [5, 5.41) is 0. The fraction of sp³-hybridized carbons (Fsp3) is 0.320. The molecule has 29 heavy (non-hydrogen) atoms. The Hall–Kier alpha value is -2.16. The van der Waals surface area contributed by atoms with Gasteiger partial charge in [0.1, 0.15) is 0 Å². The molecule has 0 saturated carbocycles. The smallest absolute Gasteiger partial charge is 0.161 e. The fourth-order valence-electron chi connectivity index (χ4n) is 2.89. The SMILES string of the molecule is CCCCOc1ccc(-c2cc[c-]c(-c3ccccn3)c2)cc1OCCCC.[Ir]. The van der Waals surface area contributed by atoms with Crippen molar-refractivity contribution in [1.29, 1.82) is 0 Å². The van der Waals surface area contributed by atoms with Crippen LogP contribution in [0.1, 0.15) is 39.5 Å². The molecule has 1 radical (unpaired) electrons. The van der Waals surface area contributed by atoms with Crippen molar-refractivity contribution in [2.75, 3.05) is 13.2 Å². The number of benzene rings is 2. The Morgan fingerprint density at radius 3 is 2.24 bits per heavy atom. The minimum Gasteiger partial charge on any atom is -0.490 e. The summed E-state index contributed by atoms with van der Waals surface area (Å²) < 4.78 is 12.0. The van der Waals surface area contributed by atoms with Crippen LogP contribution < -0.4 is 9.47 Å². The molecule has 0 aliphatic carbocycles. The van der Waals surface area contributed by atoms with Gasteiger partial charge in [-0.05, 0) is 42.3 Å². The van der Waals surface area contributed by atoms with Gasteiger partial charge in [-0.1, -0.05) is 44.9 Å². The average Bonchev–Trinajstić information content (AvgIpc) is 2.75. The van der Waals surface area contributed by atoms with Crippen molar-refractivity contribution in [2.45, 2.75) is 39.5 Å². The van der Waals surface area contributed by atoms with Gasteiger partial charge in [-0.15, -0.1) is 35.4 Å². The number of nitrogens with zero attached hydrogens (tertiary/aromatic N) is 1. The zero-order valence-corrected chi connectivity index (χ0v) is 19.5. The molecule has 3 rings (SSSR count). The van der Waals surface area contributed by atoms with E-state index in [2.05, 4.69) is 49.2 Å². The van der Waals surface area contributed by atoms with Gasteiger partial charge < -0.3 is 14.5 Å². The molecule has 0 aliphatic heterocycles. The maximum atomic E-state index is 6.04. The number of unbranched alkanes of at least 4 members (excludes halogenated alkanes) is 2. The molecule has 1 aromatic heterocycles. The summed E-state index contributed by atoms with van der Waals surface area (Å²) in [6, 6.07) is 21.5. The van der Waals surface area contributed by atoms with Crippen LogP contribution in [0.25, 0.3) is 22.4 Å². The first-order chi connectivity index (χ1) is 13.8. The monoisotopic (exact) mass is 567 g/mol. The van der Waals surface area contributed by atoms with Crippen LogP contribution in [0.2, 0.25) is 0 Å². The largest absolute Gasteiger partial charge is 0.490 e. The van der Waals surface area contributed by atoms with Crippen LogP contribution >= 0.6 is 0 Å². The minimum absolute atomic E-state index is 0. The van der Waals surface area contributed by atoms with E-state index in [1.807, 2.05) is 30.3 Å². The second-order valence-electron chi connectivity index (χ2n) is 6.77. The third-order valence-electron chi connectivity index (χ3n) is 4.53. The molecule has 155 valence electrons. The Bertz CT molecular complexity index is 868. The van der Waals surface area contributed by atoms with Gasteiger partial charge in [-0.2, -0.15) is 0 Å². The van der Waals surface area contributed by atoms with E-state index in [-0.39, 0.29) is 20.1 Å². The van der Waals surface area contributed by atoms with Crippen LogP contribution in [0.15, 0.2) is 60.8 Å².